The van der Waals surface area contributed by atoms with Gasteiger partial charge in [-0.25, -0.2) is 17.9 Å². The lowest BCUT2D eigenvalue weighted by Gasteiger charge is -2.30. The zero-order chi connectivity index (χ0) is 25.1. The van der Waals surface area contributed by atoms with Crippen molar-refractivity contribution in [2.75, 3.05) is 6.61 Å². The number of benzene rings is 2. The molecule has 0 spiro atoms. The van der Waals surface area contributed by atoms with Crippen LogP contribution in [0.2, 0.25) is 0 Å². The predicted octanol–water partition coefficient (Wildman–Crippen LogP) is 4.49. The number of carbonyl (C=O) groups is 2. The molecule has 1 aliphatic carbocycles. The SMILES string of the molecule is C=C[C@@H]1C[C@@]1(C(=O)NS(=O)(=O)c1ccc(COc2cccc(C(=O)OCC)c2)cc1)C(C)(C)C. The van der Waals surface area contributed by atoms with Gasteiger partial charge in [-0.1, -0.05) is 45.0 Å². The number of amides is 1. The van der Waals surface area contributed by atoms with Gasteiger partial charge in [0.25, 0.3) is 10.0 Å². The standard InChI is InChI=1S/C26H31NO6S/c1-6-20-16-26(20,25(3,4)5)24(29)27-34(30,31)22-13-11-18(12-14-22)17-33-21-10-8-9-19(15-21)23(28)32-7-2/h6,8-15,20H,1,7,16-17H2,2-5H3,(H,27,29)/t20-,26-/m1/s1. The summed E-state index contributed by atoms with van der Waals surface area (Å²) in [4.78, 5) is 24.8. The van der Waals surface area contributed by atoms with Crippen molar-refractivity contribution in [3.63, 3.8) is 0 Å². The molecule has 8 heteroatoms. The number of ether oxygens (including phenoxy) is 2. The largest absolute Gasteiger partial charge is 0.489 e. The fourth-order valence-electron chi connectivity index (χ4n) is 4.17. The molecule has 0 heterocycles. The Morgan fingerprint density at radius 3 is 2.41 bits per heavy atom. The summed E-state index contributed by atoms with van der Waals surface area (Å²) in [7, 11) is -4.03. The van der Waals surface area contributed by atoms with Crippen LogP contribution in [0.15, 0.2) is 66.1 Å². The molecule has 0 aromatic heterocycles. The first kappa shape index (κ1) is 25.5. The Morgan fingerprint density at radius 2 is 1.85 bits per heavy atom. The number of hydrogen-bond donors (Lipinski definition) is 1. The Bertz CT molecular complexity index is 1180. The molecule has 182 valence electrons. The second-order valence-corrected chi connectivity index (χ2v) is 11.1. The molecule has 2 atom stereocenters. The molecule has 3 rings (SSSR count). The monoisotopic (exact) mass is 485 g/mol. The van der Waals surface area contributed by atoms with Crippen molar-refractivity contribution in [2.45, 2.75) is 45.6 Å². The second-order valence-electron chi connectivity index (χ2n) is 9.38. The van der Waals surface area contributed by atoms with E-state index in [1.165, 1.54) is 12.1 Å². The van der Waals surface area contributed by atoms with Crippen LogP contribution in [0.25, 0.3) is 0 Å². The van der Waals surface area contributed by atoms with Crippen LogP contribution in [0.1, 0.15) is 50.0 Å². The Morgan fingerprint density at radius 1 is 1.18 bits per heavy atom. The van der Waals surface area contributed by atoms with Gasteiger partial charge >= 0.3 is 5.97 Å². The highest BCUT2D eigenvalue weighted by Crippen LogP contribution is 2.64. The van der Waals surface area contributed by atoms with Crippen LogP contribution in [0.4, 0.5) is 0 Å². The third-order valence-electron chi connectivity index (χ3n) is 6.25. The van der Waals surface area contributed by atoms with E-state index in [1.54, 1.807) is 49.4 Å². The highest BCUT2D eigenvalue weighted by atomic mass is 32.2. The van der Waals surface area contributed by atoms with Crippen molar-refractivity contribution in [2.24, 2.45) is 16.7 Å². The first-order chi connectivity index (χ1) is 15.9. The first-order valence-electron chi connectivity index (χ1n) is 11.1. The van der Waals surface area contributed by atoms with Gasteiger partial charge in [0.15, 0.2) is 0 Å². The fourth-order valence-corrected chi connectivity index (χ4v) is 5.21. The number of hydrogen-bond acceptors (Lipinski definition) is 6. The molecule has 1 aliphatic rings. The highest BCUT2D eigenvalue weighted by Gasteiger charge is 2.65. The van der Waals surface area contributed by atoms with E-state index in [1.807, 2.05) is 20.8 Å². The van der Waals surface area contributed by atoms with E-state index in [4.69, 9.17) is 9.47 Å². The van der Waals surface area contributed by atoms with Crippen LogP contribution >= 0.6 is 0 Å². The summed E-state index contributed by atoms with van der Waals surface area (Å²) in [5.41, 5.74) is -0.0731. The van der Waals surface area contributed by atoms with Crippen molar-refractivity contribution in [1.82, 2.24) is 4.72 Å². The molecule has 0 radical (unpaired) electrons. The van der Waals surface area contributed by atoms with E-state index < -0.39 is 32.7 Å². The van der Waals surface area contributed by atoms with Gasteiger partial charge in [0, 0.05) is 0 Å². The van der Waals surface area contributed by atoms with E-state index in [9.17, 15) is 18.0 Å². The fraction of sp³-hybridized carbons (Fsp3) is 0.385. The van der Waals surface area contributed by atoms with Crippen molar-refractivity contribution < 1.29 is 27.5 Å². The predicted molar refractivity (Wildman–Crippen MR) is 129 cm³/mol. The molecular weight excluding hydrogens is 454 g/mol. The average molecular weight is 486 g/mol. The summed E-state index contributed by atoms with van der Waals surface area (Å²) in [5, 5.41) is 0. The molecule has 1 N–H and O–H groups in total. The van der Waals surface area contributed by atoms with Crippen LogP contribution in [-0.2, 0) is 26.2 Å². The number of allylic oxidation sites excluding steroid dienone is 1. The van der Waals surface area contributed by atoms with Crippen LogP contribution in [0.5, 0.6) is 5.75 Å². The molecule has 1 amide bonds. The Labute approximate surface area is 201 Å². The summed E-state index contributed by atoms with van der Waals surface area (Å²) in [6, 6.07) is 12.8. The molecule has 0 unspecified atom stereocenters. The van der Waals surface area contributed by atoms with Crippen LogP contribution in [0.3, 0.4) is 0 Å². The highest BCUT2D eigenvalue weighted by molar-refractivity contribution is 7.90. The van der Waals surface area contributed by atoms with Gasteiger partial charge in [0.05, 0.1) is 22.5 Å². The molecule has 34 heavy (non-hydrogen) atoms. The molecule has 7 nitrogen and oxygen atoms in total. The minimum Gasteiger partial charge on any atom is -0.489 e. The molecule has 0 aliphatic heterocycles. The van der Waals surface area contributed by atoms with E-state index in [0.717, 1.165) is 5.56 Å². The zero-order valence-electron chi connectivity index (χ0n) is 20.0. The van der Waals surface area contributed by atoms with Crippen molar-refractivity contribution >= 4 is 21.9 Å². The number of nitrogens with one attached hydrogen (secondary N) is 1. The van der Waals surface area contributed by atoms with E-state index >= 15 is 0 Å². The maximum Gasteiger partial charge on any atom is 0.338 e. The third-order valence-corrected chi connectivity index (χ3v) is 7.60. The van der Waals surface area contributed by atoms with Gasteiger partial charge in [0.2, 0.25) is 5.91 Å². The minimum absolute atomic E-state index is 0.00577. The maximum atomic E-state index is 13.0. The number of esters is 1. The van der Waals surface area contributed by atoms with Crippen molar-refractivity contribution in [3.8, 4) is 5.75 Å². The number of rotatable bonds is 9. The topological polar surface area (TPSA) is 98.8 Å². The van der Waals surface area contributed by atoms with Crippen LogP contribution in [-0.4, -0.2) is 26.9 Å². The van der Waals surface area contributed by atoms with Crippen molar-refractivity contribution in [3.05, 3.63) is 72.3 Å². The molecule has 1 saturated carbocycles. The van der Waals surface area contributed by atoms with Crippen LogP contribution < -0.4 is 9.46 Å². The number of carbonyl (C=O) groups excluding carboxylic acids is 2. The molecule has 1 fully saturated rings. The quantitative estimate of drug-likeness (QED) is 0.415. The lowest BCUT2D eigenvalue weighted by molar-refractivity contribution is -0.128. The second kappa shape index (κ2) is 9.62. The minimum atomic E-state index is -4.03. The zero-order valence-corrected chi connectivity index (χ0v) is 20.8. The first-order valence-corrected chi connectivity index (χ1v) is 12.6. The van der Waals surface area contributed by atoms with Gasteiger partial charge in [0.1, 0.15) is 12.4 Å². The Kier molecular flexibility index (Phi) is 7.21. The summed E-state index contributed by atoms with van der Waals surface area (Å²) >= 11 is 0. The van der Waals surface area contributed by atoms with Crippen LogP contribution in [0, 0.1) is 16.7 Å². The summed E-state index contributed by atoms with van der Waals surface area (Å²) < 4.78 is 38.7. The Balaban J connectivity index is 1.66. The molecule has 0 saturated heterocycles. The Hall–Kier alpha value is -3.13. The van der Waals surface area contributed by atoms with E-state index in [-0.39, 0.29) is 24.0 Å². The van der Waals surface area contributed by atoms with Gasteiger partial charge < -0.3 is 9.47 Å². The molecule has 0 bridgehead atoms. The average Bonchev–Trinajstić information content (AvgIpc) is 3.55. The van der Waals surface area contributed by atoms with Gasteiger partial charge in [-0.15, -0.1) is 6.58 Å². The smallest absolute Gasteiger partial charge is 0.338 e. The normalized spacial score (nSPS) is 19.7. The van der Waals surface area contributed by atoms with Gasteiger partial charge in [-0.3, -0.25) is 4.79 Å². The van der Waals surface area contributed by atoms with Crippen molar-refractivity contribution in [1.29, 1.82) is 0 Å². The lowest BCUT2D eigenvalue weighted by Crippen LogP contribution is -2.43. The summed E-state index contributed by atoms with van der Waals surface area (Å²) in [5.74, 6) is -0.491. The van der Waals surface area contributed by atoms with Gasteiger partial charge in [-0.2, -0.15) is 0 Å². The molecule has 2 aromatic rings. The molecule has 2 aromatic carbocycles. The van der Waals surface area contributed by atoms with Gasteiger partial charge in [-0.05, 0) is 60.6 Å². The summed E-state index contributed by atoms with van der Waals surface area (Å²) in [6.45, 7) is 11.8. The number of sulfonamides is 1. The third kappa shape index (κ3) is 5.17. The lowest BCUT2D eigenvalue weighted by atomic mass is 9.75. The molecular formula is C26H31NO6S. The summed E-state index contributed by atoms with van der Waals surface area (Å²) in [6.07, 6.45) is 2.30. The van der Waals surface area contributed by atoms with E-state index in [0.29, 0.717) is 17.7 Å². The van der Waals surface area contributed by atoms with E-state index in [2.05, 4.69) is 11.3 Å². The maximum absolute atomic E-state index is 13.0.